The van der Waals surface area contributed by atoms with Gasteiger partial charge in [-0.15, -0.1) is 0 Å². The van der Waals surface area contributed by atoms with E-state index in [2.05, 4.69) is 0 Å². The van der Waals surface area contributed by atoms with Crippen molar-refractivity contribution in [1.82, 2.24) is 15.1 Å². The molecule has 0 unspecified atom stereocenters. The van der Waals surface area contributed by atoms with Crippen LogP contribution in [0.15, 0.2) is 18.1 Å². The van der Waals surface area contributed by atoms with Crippen LogP contribution in [-0.2, 0) is 0 Å². The molecule has 3 rings (SSSR count). The van der Waals surface area contributed by atoms with E-state index < -0.39 is 123 Å². The van der Waals surface area contributed by atoms with Gasteiger partial charge in [0.25, 0.3) is 0 Å². The molecule has 1 saturated carbocycles. The van der Waals surface area contributed by atoms with Crippen molar-refractivity contribution in [2.75, 3.05) is 51.5 Å². The average Bonchev–Trinajstić information content (AvgIpc) is 3.00. The predicted molar refractivity (Wildman–Crippen MR) is 117 cm³/mol. The first-order chi connectivity index (χ1) is 23.4. The number of benzene rings is 1. The number of nitrogens with zero attached hydrogens (tertiary/aromatic N) is 3. The first kappa shape index (κ1) is 5.82. The number of hydrogen-bond donors (Lipinski definition) is 1. The lowest BCUT2D eigenvalue weighted by Crippen LogP contribution is -2.47. The third-order valence-electron chi connectivity index (χ3n) is 3.36. The lowest BCUT2D eigenvalue weighted by molar-refractivity contribution is 0.194. The Bertz CT molecular complexity index is 1620. The van der Waals surface area contributed by atoms with Crippen molar-refractivity contribution >= 4 is 23.3 Å². The van der Waals surface area contributed by atoms with Crippen LogP contribution in [0.4, 0.5) is 10.5 Å². The van der Waals surface area contributed by atoms with Gasteiger partial charge < -0.3 is 15.1 Å². The summed E-state index contributed by atoms with van der Waals surface area (Å²) >= 11 is 6.25. The molecule has 0 radical (unpaired) electrons. The molecule has 156 valence electrons. The van der Waals surface area contributed by atoms with Crippen LogP contribution in [0.5, 0.6) is 0 Å². The molecule has 2 amide bonds. The van der Waals surface area contributed by atoms with Crippen LogP contribution in [0.1, 0.15) is 73.1 Å². The number of hydrogen-bond acceptors (Lipinski definition) is 3. The molecular formula is C22H35ClN4O. The van der Waals surface area contributed by atoms with Gasteiger partial charge in [-0.2, -0.15) is 0 Å². The van der Waals surface area contributed by atoms with Crippen LogP contribution in [0.25, 0.3) is 0 Å². The summed E-state index contributed by atoms with van der Waals surface area (Å²) in [5.41, 5.74) is -1.43. The van der Waals surface area contributed by atoms with Gasteiger partial charge in [-0.05, 0) is 62.8 Å². The van der Waals surface area contributed by atoms with Gasteiger partial charge in [0.2, 0.25) is 0 Å². The molecule has 5 nitrogen and oxygen atoms in total. The van der Waals surface area contributed by atoms with Gasteiger partial charge in [0, 0.05) is 70.7 Å². The molecule has 1 aromatic carbocycles. The smallest absolute Gasteiger partial charge is 0.317 e. The summed E-state index contributed by atoms with van der Waals surface area (Å²) in [5.74, 6) is -4.59. The highest BCUT2D eigenvalue weighted by Gasteiger charge is 2.24. The van der Waals surface area contributed by atoms with E-state index in [-0.39, 0.29) is 15.4 Å². The van der Waals surface area contributed by atoms with E-state index in [0.717, 1.165) is 6.92 Å². The minimum Gasteiger partial charge on any atom is -0.368 e. The normalized spacial score (nSPS) is 57.8. The Kier molecular flexibility index (Phi) is 2.04. The van der Waals surface area contributed by atoms with E-state index in [9.17, 15) is 4.79 Å². The molecule has 1 saturated heterocycles. The maximum atomic E-state index is 12.8. The summed E-state index contributed by atoms with van der Waals surface area (Å²) in [6.07, 6.45) is -22.3. The van der Waals surface area contributed by atoms with E-state index in [0.29, 0.717) is 7.05 Å². The Labute approximate surface area is 211 Å². The van der Waals surface area contributed by atoms with E-state index in [1.165, 1.54) is 5.32 Å². The molecule has 1 heterocycles. The maximum Gasteiger partial charge on any atom is 0.317 e. The van der Waals surface area contributed by atoms with E-state index >= 15 is 0 Å². The minimum absolute atomic E-state index is 0.140. The summed E-state index contributed by atoms with van der Waals surface area (Å²) in [4.78, 5) is 11.8. The van der Waals surface area contributed by atoms with Crippen LogP contribution >= 0.6 is 11.6 Å². The monoisotopic (exact) mass is 432 g/mol. The van der Waals surface area contributed by atoms with Crippen molar-refractivity contribution < 1.29 is 40.4 Å². The third-order valence-corrected chi connectivity index (χ3v) is 3.82. The van der Waals surface area contributed by atoms with E-state index in [1.807, 2.05) is 0 Å². The Morgan fingerprint density at radius 3 is 2.79 bits per heavy atom. The van der Waals surface area contributed by atoms with Gasteiger partial charge in [0.15, 0.2) is 0 Å². The van der Waals surface area contributed by atoms with Crippen molar-refractivity contribution in [3.8, 4) is 0 Å². The van der Waals surface area contributed by atoms with Crippen LogP contribution in [0.3, 0.4) is 0 Å². The second-order valence-electron chi connectivity index (χ2n) is 5.45. The summed E-state index contributed by atoms with van der Waals surface area (Å²) in [7, 11) is 0.589. The fourth-order valence-corrected chi connectivity index (χ4v) is 2.08. The maximum absolute atomic E-state index is 12.8. The Morgan fingerprint density at radius 1 is 1.39 bits per heavy atom. The highest BCUT2D eigenvalue weighted by Crippen LogP contribution is 2.30. The summed E-state index contributed by atoms with van der Waals surface area (Å²) < 4.78 is 220. The predicted octanol–water partition coefficient (Wildman–Crippen LogP) is 3.99. The van der Waals surface area contributed by atoms with Crippen LogP contribution in [0, 0.1) is 12.8 Å². The molecule has 0 spiro atoms. The Morgan fingerprint density at radius 2 is 2.11 bits per heavy atom. The number of halogens is 1. The topological polar surface area (TPSA) is 38.8 Å². The highest BCUT2D eigenvalue weighted by molar-refractivity contribution is 6.34. The van der Waals surface area contributed by atoms with Crippen molar-refractivity contribution in [1.29, 1.82) is 0 Å². The zero-order chi connectivity index (χ0) is 43.2. The summed E-state index contributed by atoms with van der Waals surface area (Å²) in [6, 6.07) is -8.93. The van der Waals surface area contributed by atoms with Gasteiger partial charge in [-0.25, -0.2) is 4.79 Å². The molecule has 0 bridgehead atoms. The van der Waals surface area contributed by atoms with Crippen molar-refractivity contribution in [2.45, 2.75) is 44.8 Å². The zero-order valence-corrected chi connectivity index (χ0v) is 15.6. The molecule has 0 aromatic heterocycles. The first-order valence-corrected chi connectivity index (χ1v) is 8.20. The van der Waals surface area contributed by atoms with Gasteiger partial charge >= 0.3 is 6.03 Å². The van der Waals surface area contributed by atoms with Crippen LogP contribution < -0.4 is 10.2 Å². The molecular weight excluding hydrogens is 372 g/mol. The van der Waals surface area contributed by atoms with Crippen molar-refractivity contribution in [2.24, 2.45) is 5.89 Å². The molecule has 1 N–H and O–H groups in total. The minimum atomic E-state index is -4.59. The van der Waals surface area contributed by atoms with Crippen molar-refractivity contribution in [3.63, 3.8) is 0 Å². The summed E-state index contributed by atoms with van der Waals surface area (Å²) in [5, 5.41) is 0.559. The Balaban J connectivity index is 2.33. The van der Waals surface area contributed by atoms with Crippen molar-refractivity contribution in [3.05, 3.63) is 28.7 Å². The molecule has 0 atom stereocenters. The largest absolute Gasteiger partial charge is 0.368 e. The second-order valence-corrected chi connectivity index (χ2v) is 5.83. The number of rotatable bonds is 5. The molecule has 6 heteroatoms. The SMILES string of the molecule is [2H]c1c([2H])c(C)c(Cl)c(N2C([2H])([2H])C([2H])([2H])N(CC([2H])([2H])C3([2H])C([2H])([2H])C([2H])([2H])C([2H])(NC(=O)N(C)C([2H])([2H])[2H])C([2H])([2H])C3([2H])[2H])C([2H])([2H])C2([2H])[2H])c1[2H]. The van der Waals surface area contributed by atoms with Gasteiger partial charge in [-0.1, -0.05) is 23.7 Å². The van der Waals surface area contributed by atoms with Crippen LogP contribution in [0.2, 0.25) is 5.02 Å². The van der Waals surface area contributed by atoms with Crippen LogP contribution in [-0.4, -0.2) is 68.4 Å². The zero-order valence-electron chi connectivity index (χ0n) is 40.8. The van der Waals surface area contributed by atoms with Gasteiger partial charge in [-0.3, -0.25) is 4.90 Å². The third kappa shape index (κ3) is 5.54. The number of carbonyl (C=O) groups excluding carboxylic acids is 1. The molecule has 1 aliphatic heterocycles. The number of urea groups is 1. The molecule has 28 heavy (non-hydrogen) atoms. The number of piperazine rings is 1. The number of carbonyl (C=O) groups is 1. The molecule has 2 aliphatic rings. The lowest BCUT2D eigenvalue weighted by atomic mass is 9.84. The lowest BCUT2D eigenvalue weighted by Gasteiger charge is -2.37. The van der Waals surface area contributed by atoms with Gasteiger partial charge in [0.05, 0.1) is 21.7 Å². The highest BCUT2D eigenvalue weighted by atomic mass is 35.5. The first-order valence-electron chi connectivity index (χ1n) is 20.8. The second kappa shape index (κ2) is 9.84. The standard InChI is InChI=1S/C22H35ClN4O/c1-17-5-4-6-20(21(17)23)27-15-13-26(14-16-27)12-11-18-7-9-19(10-8-18)24-22(28)25(2)3/h4-6,18-19H,7-16H2,1-3H3,(H,24,28)/i2D3,4D,5D,6D,7D2,8D2,9D2,10D2,11D2,13D2,14D2,15D2,16D2,18D,19D. The van der Waals surface area contributed by atoms with E-state index in [1.54, 1.807) is 0 Å². The Hall–Kier alpha value is -1.46. The number of anilines is 1. The fraction of sp³-hybridized carbons (Fsp3) is 0.682. The summed E-state index contributed by atoms with van der Waals surface area (Å²) in [6.45, 7) is -20.6. The number of amides is 2. The van der Waals surface area contributed by atoms with E-state index in [4.69, 9.17) is 47.2 Å². The average molecular weight is 433 g/mol. The molecule has 1 aromatic rings. The fourth-order valence-electron chi connectivity index (χ4n) is 1.91. The molecule has 1 aliphatic carbocycles. The quantitative estimate of drug-likeness (QED) is 0.764. The molecule has 2 fully saturated rings. The number of nitrogens with one attached hydrogen (secondary N) is 1. The van der Waals surface area contributed by atoms with Gasteiger partial charge in [0.1, 0.15) is 0 Å².